The Kier molecular flexibility index (Phi) is 3.75. The van der Waals surface area contributed by atoms with Crippen LogP contribution in [0.5, 0.6) is 0 Å². The Labute approximate surface area is 105 Å². The van der Waals surface area contributed by atoms with E-state index in [1.807, 2.05) is 19.9 Å². The van der Waals surface area contributed by atoms with E-state index in [0.29, 0.717) is 11.8 Å². The minimum Gasteiger partial charge on any atom is -0.384 e. The summed E-state index contributed by atoms with van der Waals surface area (Å²) in [6, 6.07) is 4.05. The summed E-state index contributed by atoms with van der Waals surface area (Å²) in [5.41, 5.74) is 1.78. The molecule has 0 saturated heterocycles. The molecule has 0 aliphatic heterocycles. The molecule has 2 aromatic rings. The van der Waals surface area contributed by atoms with Crippen LogP contribution < -0.4 is 5.32 Å². The lowest BCUT2D eigenvalue weighted by Crippen LogP contribution is -2.03. The third-order valence-corrected chi connectivity index (χ3v) is 2.81. The summed E-state index contributed by atoms with van der Waals surface area (Å²) >= 11 is 0. The third kappa shape index (κ3) is 2.42. The van der Waals surface area contributed by atoms with Crippen LogP contribution in [0, 0.1) is 11.6 Å². The molecule has 0 radical (unpaired) electrons. The second-order valence-electron chi connectivity index (χ2n) is 4.23. The smallest absolute Gasteiger partial charge is 0.152 e. The van der Waals surface area contributed by atoms with Crippen molar-refractivity contribution in [2.45, 2.75) is 26.7 Å². The van der Waals surface area contributed by atoms with Crippen molar-refractivity contribution in [3.63, 3.8) is 0 Å². The van der Waals surface area contributed by atoms with Crippen molar-refractivity contribution in [1.29, 1.82) is 0 Å². The summed E-state index contributed by atoms with van der Waals surface area (Å²) in [7, 11) is 0. The van der Waals surface area contributed by atoms with Crippen LogP contribution in [0.15, 0.2) is 18.2 Å². The van der Waals surface area contributed by atoms with E-state index in [9.17, 15) is 8.78 Å². The molecule has 4 heteroatoms. The number of aryl methyl sites for hydroxylation is 1. The highest BCUT2D eigenvalue weighted by atomic mass is 19.1. The second-order valence-corrected chi connectivity index (χ2v) is 4.23. The number of halogens is 2. The van der Waals surface area contributed by atoms with Gasteiger partial charge in [0, 0.05) is 29.4 Å². The van der Waals surface area contributed by atoms with E-state index in [4.69, 9.17) is 0 Å². The topological polar surface area (TPSA) is 24.9 Å². The van der Waals surface area contributed by atoms with Gasteiger partial charge in [0.1, 0.15) is 11.3 Å². The highest BCUT2D eigenvalue weighted by Gasteiger charge is 2.11. The second kappa shape index (κ2) is 5.29. The maximum Gasteiger partial charge on any atom is 0.152 e. The standard InChI is InChI=1S/C14H16F2N2/c1-3-5-17-13-8-10(4-2)18-14-11(13)6-9(15)7-12(14)16/h6-8H,3-5H2,1-2H3,(H,17,18). The van der Waals surface area contributed by atoms with E-state index in [0.717, 1.165) is 30.4 Å². The lowest BCUT2D eigenvalue weighted by Gasteiger charge is -2.11. The molecule has 18 heavy (non-hydrogen) atoms. The fourth-order valence-corrected chi connectivity index (χ4v) is 1.89. The Hall–Kier alpha value is -1.71. The number of nitrogens with zero attached hydrogens (tertiary/aromatic N) is 1. The molecule has 0 fully saturated rings. The number of fused-ring (bicyclic) bond motifs is 1. The Bertz CT molecular complexity index is 567. The Balaban J connectivity index is 2.64. The van der Waals surface area contributed by atoms with E-state index in [2.05, 4.69) is 10.3 Å². The molecule has 0 aliphatic carbocycles. The number of rotatable bonds is 4. The SMILES string of the molecule is CCCNc1cc(CC)nc2c(F)cc(F)cc12. The normalized spacial score (nSPS) is 10.9. The van der Waals surface area contributed by atoms with Gasteiger partial charge in [-0.2, -0.15) is 0 Å². The maximum absolute atomic E-state index is 13.7. The first-order chi connectivity index (χ1) is 8.65. The number of aromatic nitrogens is 1. The van der Waals surface area contributed by atoms with Crippen LogP contribution in [-0.4, -0.2) is 11.5 Å². The molecule has 0 spiro atoms. The highest BCUT2D eigenvalue weighted by Crippen LogP contribution is 2.26. The lowest BCUT2D eigenvalue weighted by atomic mass is 10.1. The molecular weight excluding hydrogens is 234 g/mol. The summed E-state index contributed by atoms with van der Waals surface area (Å²) in [5.74, 6) is -1.19. The first-order valence-corrected chi connectivity index (χ1v) is 6.18. The molecule has 0 aliphatic rings. The average molecular weight is 250 g/mol. The molecule has 0 amide bonds. The van der Waals surface area contributed by atoms with Gasteiger partial charge < -0.3 is 5.32 Å². The maximum atomic E-state index is 13.7. The van der Waals surface area contributed by atoms with Crippen LogP contribution in [0.1, 0.15) is 26.0 Å². The van der Waals surface area contributed by atoms with Crippen LogP contribution in [0.2, 0.25) is 0 Å². The predicted octanol–water partition coefficient (Wildman–Crippen LogP) is 3.90. The molecule has 1 aromatic carbocycles. The van der Waals surface area contributed by atoms with Crippen molar-refractivity contribution in [3.05, 3.63) is 35.5 Å². The summed E-state index contributed by atoms with van der Waals surface area (Å²) < 4.78 is 27.0. The van der Waals surface area contributed by atoms with Crippen LogP contribution in [0.3, 0.4) is 0 Å². The summed E-state index contributed by atoms with van der Waals surface area (Å²) in [4.78, 5) is 4.22. The average Bonchev–Trinajstić information content (AvgIpc) is 2.36. The number of hydrogen-bond acceptors (Lipinski definition) is 2. The molecule has 0 saturated carbocycles. The molecule has 2 rings (SSSR count). The molecule has 1 N–H and O–H groups in total. The first kappa shape index (κ1) is 12.7. The Morgan fingerprint density at radius 3 is 2.61 bits per heavy atom. The molecule has 2 nitrogen and oxygen atoms in total. The largest absolute Gasteiger partial charge is 0.384 e. The van der Waals surface area contributed by atoms with Crippen LogP contribution >= 0.6 is 0 Å². The van der Waals surface area contributed by atoms with Crippen molar-refractivity contribution >= 4 is 16.6 Å². The summed E-state index contributed by atoms with van der Waals surface area (Å²) in [6.07, 6.45) is 1.66. The molecule has 0 bridgehead atoms. The van der Waals surface area contributed by atoms with E-state index in [1.54, 1.807) is 0 Å². The van der Waals surface area contributed by atoms with Crippen molar-refractivity contribution in [3.8, 4) is 0 Å². The van der Waals surface area contributed by atoms with Crippen LogP contribution in [0.25, 0.3) is 10.9 Å². The van der Waals surface area contributed by atoms with Gasteiger partial charge in [0.2, 0.25) is 0 Å². The van der Waals surface area contributed by atoms with Crippen molar-refractivity contribution in [1.82, 2.24) is 4.98 Å². The van der Waals surface area contributed by atoms with Crippen molar-refractivity contribution in [2.24, 2.45) is 0 Å². The molecule has 1 aromatic heterocycles. The number of benzene rings is 1. The van der Waals surface area contributed by atoms with Gasteiger partial charge in [-0.3, -0.25) is 0 Å². The zero-order valence-corrected chi connectivity index (χ0v) is 10.6. The van der Waals surface area contributed by atoms with E-state index in [-0.39, 0.29) is 5.52 Å². The summed E-state index contributed by atoms with van der Waals surface area (Å²) in [5, 5.41) is 3.69. The lowest BCUT2D eigenvalue weighted by molar-refractivity contribution is 0.590. The van der Waals surface area contributed by atoms with Crippen molar-refractivity contribution < 1.29 is 8.78 Å². The molecule has 0 unspecified atom stereocenters. The van der Waals surface area contributed by atoms with Gasteiger partial charge >= 0.3 is 0 Å². The Morgan fingerprint density at radius 1 is 1.17 bits per heavy atom. The van der Waals surface area contributed by atoms with Gasteiger partial charge in [-0.05, 0) is 25.0 Å². The number of nitrogens with one attached hydrogen (secondary N) is 1. The van der Waals surface area contributed by atoms with E-state index in [1.165, 1.54) is 6.07 Å². The third-order valence-electron chi connectivity index (χ3n) is 2.81. The quantitative estimate of drug-likeness (QED) is 0.890. The van der Waals surface area contributed by atoms with E-state index < -0.39 is 11.6 Å². The van der Waals surface area contributed by atoms with Gasteiger partial charge in [0.05, 0.1) is 0 Å². The van der Waals surface area contributed by atoms with Gasteiger partial charge in [-0.15, -0.1) is 0 Å². The molecule has 96 valence electrons. The first-order valence-electron chi connectivity index (χ1n) is 6.18. The fourth-order valence-electron chi connectivity index (χ4n) is 1.89. The number of hydrogen-bond donors (Lipinski definition) is 1. The minimum atomic E-state index is -0.611. The van der Waals surface area contributed by atoms with Crippen LogP contribution in [-0.2, 0) is 6.42 Å². The number of anilines is 1. The molecular formula is C14H16F2N2. The minimum absolute atomic E-state index is 0.231. The Morgan fingerprint density at radius 2 is 1.94 bits per heavy atom. The zero-order valence-electron chi connectivity index (χ0n) is 10.6. The zero-order chi connectivity index (χ0) is 13.1. The number of pyridine rings is 1. The van der Waals surface area contributed by atoms with Gasteiger partial charge in [-0.25, -0.2) is 13.8 Å². The molecule has 0 atom stereocenters. The van der Waals surface area contributed by atoms with Gasteiger partial charge in [0.25, 0.3) is 0 Å². The fraction of sp³-hybridized carbons (Fsp3) is 0.357. The molecule has 1 heterocycles. The van der Waals surface area contributed by atoms with Crippen LogP contribution in [0.4, 0.5) is 14.5 Å². The van der Waals surface area contributed by atoms with Gasteiger partial charge in [-0.1, -0.05) is 13.8 Å². The van der Waals surface area contributed by atoms with Crippen molar-refractivity contribution in [2.75, 3.05) is 11.9 Å². The van der Waals surface area contributed by atoms with Gasteiger partial charge in [0.15, 0.2) is 5.82 Å². The van der Waals surface area contributed by atoms with E-state index >= 15 is 0 Å². The highest BCUT2D eigenvalue weighted by molar-refractivity contribution is 5.91. The monoisotopic (exact) mass is 250 g/mol. The summed E-state index contributed by atoms with van der Waals surface area (Å²) in [6.45, 7) is 4.76. The predicted molar refractivity (Wildman–Crippen MR) is 69.8 cm³/mol.